The summed E-state index contributed by atoms with van der Waals surface area (Å²) in [6.45, 7) is 0. The molecule has 0 aliphatic heterocycles. The zero-order valence-corrected chi connectivity index (χ0v) is 4.81. The zero-order valence-electron chi connectivity index (χ0n) is 2.60. The molecule has 2 nitrogen and oxygen atoms in total. The molecule has 0 fully saturated rings. The molecule has 2 N–H and O–H groups in total. The molecule has 0 unspecified atom stereocenters. The fourth-order valence-corrected chi connectivity index (χ4v) is 0. The van der Waals surface area contributed by atoms with Gasteiger partial charge in [-0.15, -0.1) is 0 Å². The molecular formula is C2H2Fe2O2. The Morgan fingerprint density at radius 2 is 1.17 bits per heavy atom. The van der Waals surface area contributed by atoms with E-state index in [-0.39, 0.29) is 9.21 Å². The van der Waals surface area contributed by atoms with Gasteiger partial charge >= 0.3 is 50.6 Å². The molecule has 0 heterocycles. The average molecular weight is 170 g/mol. The Balaban J connectivity index is 3.57. The van der Waals surface area contributed by atoms with Gasteiger partial charge in [0.05, 0.1) is 0 Å². The van der Waals surface area contributed by atoms with Crippen LogP contribution in [-0.2, 0) is 31.2 Å². The van der Waals surface area contributed by atoms with Crippen molar-refractivity contribution in [1.82, 2.24) is 0 Å². The summed E-state index contributed by atoms with van der Waals surface area (Å²) in [5, 5.41) is 16.2. The van der Waals surface area contributed by atoms with Crippen molar-refractivity contribution in [3.05, 3.63) is 0 Å². The van der Waals surface area contributed by atoms with Crippen LogP contribution in [0.4, 0.5) is 0 Å². The maximum atomic E-state index is 8.09. The van der Waals surface area contributed by atoms with Crippen LogP contribution in [0.15, 0.2) is 0 Å². The van der Waals surface area contributed by atoms with Crippen molar-refractivity contribution in [2.24, 2.45) is 0 Å². The number of hydrogen-bond acceptors (Lipinski definition) is 2. The Hall–Kier alpha value is 0.699. The van der Waals surface area contributed by atoms with Crippen molar-refractivity contribution in [3.8, 4) is 0 Å². The molecule has 0 atom stereocenters. The molecule has 0 saturated heterocycles. The second-order valence-corrected chi connectivity index (χ2v) is 1.60. The van der Waals surface area contributed by atoms with Crippen LogP contribution in [0.3, 0.4) is 0 Å². The van der Waals surface area contributed by atoms with Crippen molar-refractivity contribution in [1.29, 1.82) is 0 Å². The third-order valence-electron chi connectivity index (χ3n) is 0.160. The minimum atomic E-state index is -0.380. The summed E-state index contributed by atoms with van der Waals surface area (Å²) < 4.78 is -0.759. The molecule has 0 saturated carbocycles. The Kier molecular flexibility index (Phi) is 3.13. The maximum absolute atomic E-state index is 8.09. The first-order valence-corrected chi connectivity index (χ1v) is 2.15. The predicted molar refractivity (Wildman–Crippen MR) is 13.9 cm³/mol. The molecule has 0 aromatic heterocycles. The average Bonchev–Trinajstić information content (AvgIpc) is 1.36. The molecular weight excluding hydrogens is 168 g/mol. The van der Waals surface area contributed by atoms with Crippen molar-refractivity contribution >= 4 is 9.21 Å². The van der Waals surface area contributed by atoms with Crippen LogP contribution in [0.2, 0.25) is 0 Å². The Morgan fingerprint density at radius 1 is 1.00 bits per heavy atom. The van der Waals surface area contributed by atoms with Crippen molar-refractivity contribution in [3.63, 3.8) is 0 Å². The fraction of sp³-hybridized carbons (Fsp3) is 0. The van der Waals surface area contributed by atoms with Gasteiger partial charge in [-0.05, 0) is 0 Å². The molecule has 38 valence electrons. The number of aliphatic hydroxyl groups is 2. The van der Waals surface area contributed by atoms with E-state index in [1.807, 2.05) is 0 Å². The van der Waals surface area contributed by atoms with Gasteiger partial charge in [0.25, 0.3) is 0 Å². The van der Waals surface area contributed by atoms with Gasteiger partial charge < -0.3 is 0 Å². The Bertz CT molecular complexity index is 75.5. The van der Waals surface area contributed by atoms with Crippen LogP contribution in [0.5, 0.6) is 0 Å². The third-order valence-corrected chi connectivity index (χ3v) is 0.907. The van der Waals surface area contributed by atoms with Gasteiger partial charge in [-0.1, -0.05) is 0 Å². The summed E-state index contributed by atoms with van der Waals surface area (Å²) in [4.78, 5) is 0. The Labute approximate surface area is 50.9 Å². The van der Waals surface area contributed by atoms with Crippen LogP contribution >= 0.6 is 0 Å². The summed E-state index contributed by atoms with van der Waals surface area (Å²) in [5.41, 5.74) is 0. The zero-order chi connectivity index (χ0) is 5.15. The molecule has 0 spiro atoms. The quantitative estimate of drug-likeness (QED) is 0.499. The van der Waals surface area contributed by atoms with E-state index in [9.17, 15) is 0 Å². The number of hydrogen-bond donors (Lipinski definition) is 2. The summed E-state index contributed by atoms with van der Waals surface area (Å²) in [6.07, 6.45) is 0. The third kappa shape index (κ3) is 2.91. The SMILES string of the molecule is O[C](=[Fe])[C](O)=[Fe]. The summed E-state index contributed by atoms with van der Waals surface area (Å²) in [6, 6.07) is 0. The van der Waals surface area contributed by atoms with E-state index in [0.717, 1.165) is 0 Å². The molecule has 0 radical (unpaired) electrons. The second kappa shape index (κ2) is 2.80. The Morgan fingerprint density at radius 3 is 1.17 bits per heavy atom. The minimum absolute atomic E-state index is 0.380. The molecule has 6 heavy (non-hydrogen) atoms. The van der Waals surface area contributed by atoms with Crippen LogP contribution in [0.1, 0.15) is 0 Å². The van der Waals surface area contributed by atoms with Gasteiger partial charge in [0.15, 0.2) is 0 Å². The number of aliphatic hydroxyl groups excluding tert-OH is 2. The fourth-order valence-electron chi connectivity index (χ4n) is 0. The van der Waals surface area contributed by atoms with Crippen LogP contribution < -0.4 is 0 Å². The van der Waals surface area contributed by atoms with E-state index in [0.29, 0.717) is 0 Å². The van der Waals surface area contributed by atoms with E-state index in [1.54, 1.807) is 0 Å². The summed E-state index contributed by atoms with van der Waals surface area (Å²) >= 11 is 5.92. The first-order chi connectivity index (χ1) is 2.64. The van der Waals surface area contributed by atoms with Gasteiger partial charge in [0.1, 0.15) is 0 Å². The van der Waals surface area contributed by atoms with E-state index >= 15 is 0 Å². The van der Waals surface area contributed by atoms with Crippen LogP contribution in [-0.4, -0.2) is 19.4 Å². The molecule has 0 aliphatic rings. The van der Waals surface area contributed by atoms with Gasteiger partial charge in [-0.25, -0.2) is 0 Å². The topological polar surface area (TPSA) is 40.5 Å². The monoisotopic (exact) mass is 170 g/mol. The van der Waals surface area contributed by atoms with Gasteiger partial charge in [-0.3, -0.25) is 0 Å². The first kappa shape index (κ1) is 6.70. The standard InChI is InChI=1S/C2H2O2.2Fe/c3-1-2-4;;/h3-4H;;. The molecule has 0 aliphatic carbocycles. The van der Waals surface area contributed by atoms with Crippen LogP contribution in [0, 0.1) is 0 Å². The molecule has 0 aromatic carbocycles. The number of rotatable bonds is 1. The van der Waals surface area contributed by atoms with E-state index in [2.05, 4.69) is 31.2 Å². The van der Waals surface area contributed by atoms with Crippen molar-refractivity contribution < 1.29 is 41.4 Å². The van der Waals surface area contributed by atoms with Crippen LogP contribution in [0.25, 0.3) is 0 Å². The molecule has 0 aromatic rings. The van der Waals surface area contributed by atoms with Gasteiger partial charge in [0, 0.05) is 0 Å². The second-order valence-electron chi connectivity index (χ2n) is 0.558. The molecule has 0 bridgehead atoms. The van der Waals surface area contributed by atoms with Gasteiger partial charge in [0.2, 0.25) is 0 Å². The normalized spacial score (nSPS) is 8.00. The predicted octanol–water partition coefficient (Wildman–Crippen LogP) is -0.915. The first-order valence-electron chi connectivity index (χ1n) is 1.05. The summed E-state index contributed by atoms with van der Waals surface area (Å²) in [7, 11) is 0. The molecule has 0 rings (SSSR count). The van der Waals surface area contributed by atoms with Crippen molar-refractivity contribution in [2.45, 2.75) is 0 Å². The van der Waals surface area contributed by atoms with E-state index < -0.39 is 0 Å². The van der Waals surface area contributed by atoms with E-state index in [4.69, 9.17) is 10.2 Å². The van der Waals surface area contributed by atoms with Gasteiger partial charge in [-0.2, -0.15) is 0 Å². The van der Waals surface area contributed by atoms with E-state index in [1.165, 1.54) is 0 Å². The summed E-state index contributed by atoms with van der Waals surface area (Å²) in [5.74, 6) is 0. The van der Waals surface area contributed by atoms with Crippen molar-refractivity contribution in [2.75, 3.05) is 0 Å². The molecule has 0 amide bonds. The molecule has 4 heteroatoms.